The van der Waals surface area contributed by atoms with Crippen LogP contribution in [0.5, 0.6) is 0 Å². The number of carbonyl (C=O) groups is 1. The number of piperazine rings is 1. The first-order chi connectivity index (χ1) is 14.2. The first-order valence-corrected chi connectivity index (χ1v) is 10.8. The maximum Gasteiger partial charge on any atom is 0.225 e. The van der Waals surface area contributed by atoms with Gasteiger partial charge < -0.3 is 15.1 Å². The minimum absolute atomic E-state index is 0.0901. The van der Waals surface area contributed by atoms with E-state index in [1.165, 1.54) is 11.3 Å². The first kappa shape index (κ1) is 21.3. The lowest BCUT2D eigenvalue weighted by Crippen LogP contribution is -2.46. The summed E-state index contributed by atoms with van der Waals surface area (Å²) in [6, 6.07) is 18.8. The molecule has 1 saturated heterocycles. The summed E-state index contributed by atoms with van der Waals surface area (Å²) in [5.74, 6) is 0.0901. The van der Waals surface area contributed by atoms with Crippen LogP contribution in [0.25, 0.3) is 0 Å². The number of amides is 1. The Bertz CT molecular complexity index is 735. The van der Waals surface area contributed by atoms with Gasteiger partial charge in [-0.05, 0) is 43.7 Å². The topological polar surface area (TPSA) is 38.8 Å². The maximum atomic E-state index is 12.3. The smallest absolute Gasteiger partial charge is 0.225 e. The van der Waals surface area contributed by atoms with E-state index >= 15 is 0 Å². The van der Waals surface area contributed by atoms with Gasteiger partial charge in [0.25, 0.3) is 0 Å². The Morgan fingerprint density at radius 2 is 1.52 bits per heavy atom. The second-order valence-electron chi connectivity index (χ2n) is 7.62. The van der Waals surface area contributed by atoms with Crippen molar-refractivity contribution in [3.8, 4) is 0 Å². The normalized spacial score (nSPS) is 15.2. The van der Waals surface area contributed by atoms with Gasteiger partial charge in [-0.2, -0.15) is 0 Å². The summed E-state index contributed by atoms with van der Waals surface area (Å²) in [6.07, 6.45) is 0.538. The Kier molecular flexibility index (Phi) is 8.08. The molecule has 1 aliphatic heterocycles. The molecule has 0 bridgehead atoms. The van der Waals surface area contributed by atoms with Gasteiger partial charge in [0, 0.05) is 70.2 Å². The van der Waals surface area contributed by atoms with Crippen LogP contribution in [0.4, 0.5) is 11.4 Å². The highest BCUT2D eigenvalue weighted by molar-refractivity contribution is 5.91. The molecule has 2 aromatic rings. The van der Waals surface area contributed by atoms with E-state index in [0.717, 1.165) is 58.0 Å². The summed E-state index contributed by atoms with van der Waals surface area (Å²) < 4.78 is 0. The molecule has 0 aliphatic carbocycles. The van der Waals surface area contributed by atoms with Crippen LogP contribution in [-0.4, -0.2) is 61.5 Å². The van der Waals surface area contributed by atoms with E-state index in [4.69, 9.17) is 0 Å². The minimum atomic E-state index is 0.0901. The fraction of sp³-hybridized carbons (Fsp3) is 0.458. The van der Waals surface area contributed by atoms with Gasteiger partial charge in [0.15, 0.2) is 0 Å². The van der Waals surface area contributed by atoms with Crippen LogP contribution in [0.2, 0.25) is 0 Å². The van der Waals surface area contributed by atoms with Crippen molar-refractivity contribution >= 4 is 17.3 Å². The van der Waals surface area contributed by atoms with E-state index in [0.29, 0.717) is 6.42 Å². The SMILES string of the molecule is CCN(CC)c1ccc(NC(=O)CCN2CCN(Cc3ccccc3)CC2)cc1. The predicted octanol–water partition coefficient (Wildman–Crippen LogP) is 3.68. The molecule has 0 radical (unpaired) electrons. The van der Waals surface area contributed by atoms with Crippen molar-refractivity contribution in [2.24, 2.45) is 0 Å². The molecule has 156 valence electrons. The zero-order valence-corrected chi connectivity index (χ0v) is 17.8. The fourth-order valence-electron chi connectivity index (χ4n) is 3.84. The predicted molar refractivity (Wildman–Crippen MR) is 121 cm³/mol. The molecule has 29 heavy (non-hydrogen) atoms. The van der Waals surface area contributed by atoms with Gasteiger partial charge in [-0.3, -0.25) is 9.69 Å². The molecule has 0 saturated carbocycles. The minimum Gasteiger partial charge on any atom is -0.372 e. The Morgan fingerprint density at radius 3 is 2.14 bits per heavy atom. The first-order valence-electron chi connectivity index (χ1n) is 10.8. The summed E-state index contributed by atoms with van der Waals surface area (Å²) in [6.45, 7) is 12.3. The second-order valence-corrected chi connectivity index (χ2v) is 7.62. The summed E-state index contributed by atoms with van der Waals surface area (Å²) in [7, 11) is 0. The largest absolute Gasteiger partial charge is 0.372 e. The number of hydrogen-bond acceptors (Lipinski definition) is 4. The van der Waals surface area contributed by atoms with Crippen LogP contribution < -0.4 is 10.2 Å². The Labute approximate surface area is 175 Å². The summed E-state index contributed by atoms with van der Waals surface area (Å²) in [5.41, 5.74) is 3.44. The van der Waals surface area contributed by atoms with Gasteiger partial charge in [-0.1, -0.05) is 30.3 Å². The lowest BCUT2D eigenvalue weighted by molar-refractivity contribution is -0.116. The molecule has 0 spiro atoms. The number of hydrogen-bond donors (Lipinski definition) is 1. The number of nitrogens with one attached hydrogen (secondary N) is 1. The Hall–Kier alpha value is -2.37. The Morgan fingerprint density at radius 1 is 0.897 bits per heavy atom. The van der Waals surface area contributed by atoms with Gasteiger partial charge >= 0.3 is 0 Å². The third-order valence-electron chi connectivity index (χ3n) is 5.65. The van der Waals surface area contributed by atoms with E-state index in [-0.39, 0.29) is 5.91 Å². The molecule has 1 aliphatic rings. The van der Waals surface area contributed by atoms with Crippen LogP contribution in [0.15, 0.2) is 54.6 Å². The molecular weight excluding hydrogens is 360 g/mol. The van der Waals surface area contributed by atoms with Gasteiger partial charge in [0.1, 0.15) is 0 Å². The van der Waals surface area contributed by atoms with Crippen LogP contribution in [-0.2, 0) is 11.3 Å². The molecular formula is C24H34N4O. The summed E-state index contributed by atoms with van der Waals surface area (Å²) in [5, 5.41) is 3.03. The highest BCUT2D eigenvalue weighted by atomic mass is 16.1. The van der Waals surface area contributed by atoms with E-state index < -0.39 is 0 Å². The lowest BCUT2D eigenvalue weighted by atomic mass is 10.2. The molecule has 1 heterocycles. The molecule has 1 N–H and O–H groups in total. The molecule has 0 aromatic heterocycles. The molecule has 3 rings (SSSR count). The standard InChI is InChI=1S/C24H34N4O/c1-3-28(4-2)23-12-10-22(11-13-23)25-24(29)14-15-26-16-18-27(19-17-26)20-21-8-6-5-7-9-21/h5-13H,3-4,14-20H2,1-2H3,(H,25,29). The number of nitrogens with zero attached hydrogens (tertiary/aromatic N) is 3. The van der Waals surface area contributed by atoms with Crippen molar-refractivity contribution in [3.63, 3.8) is 0 Å². The molecule has 1 fully saturated rings. The van der Waals surface area contributed by atoms with Crippen molar-refractivity contribution < 1.29 is 4.79 Å². The van der Waals surface area contributed by atoms with Gasteiger partial charge in [0.2, 0.25) is 5.91 Å². The van der Waals surface area contributed by atoms with Crippen LogP contribution >= 0.6 is 0 Å². The van der Waals surface area contributed by atoms with E-state index in [1.54, 1.807) is 0 Å². The third kappa shape index (κ3) is 6.58. The van der Waals surface area contributed by atoms with Crippen molar-refractivity contribution in [1.82, 2.24) is 9.80 Å². The quantitative estimate of drug-likeness (QED) is 0.704. The fourth-order valence-corrected chi connectivity index (χ4v) is 3.84. The van der Waals surface area contributed by atoms with E-state index in [1.807, 2.05) is 12.1 Å². The van der Waals surface area contributed by atoms with E-state index in [9.17, 15) is 4.79 Å². The molecule has 0 unspecified atom stereocenters. The van der Waals surface area contributed by atoms with Crippen LogP contribution in [0, 0.1) is 0 Å². The number of benzene rings is 2. The summed E-state index contributed by atoms with van der Waals surface area (Å²) >= 11 is 0. The zero-order chi connectivity index (χ0) is 20.5. The number of carbonyl (C=O) groups excluding carboxylic acids is 1. The molecule has 0 atom stereocenters. The van der Waals surface area contributed by atoms with Crippen molar-refractivity contribution in [2.45, 2.75) is 26.8 Å². The van der Waals surface area contributed by atoms with Gasteiger partial charge in [-0.15, -0.1) is 0 Å². The average molecular weight is 395 g/mol. The third-order valence-corrected chi connectivity index (χ3v) is 5.65. The van der Waals surface area contributed by atoms with Crippen molar-refractivity contribution in [3.05, 3.63) is 60.2 Å². The maximum absolute atomic E-state index is 12.3. The highest BCUT2D eigenvalue weighted by Gasteiger charge is 2.17. The summed E-state index contributed by atoms with van der Waals surface area (Å²) in [4.78, 5) is 19.5. The zero-order valence-electron chi connectivity index (χ0n) is 17.8. The molecule has 5 nitrogen and oxygen atoms in total. The number of anilines is 2. The van der Waals surface area contributed by atoms with Crippen LogP contribution in [0.3, 0.4) is 0 Å². The Balaban J connectivity index is 1.37. The van der Waals surface area contributed by atoms with Crippen LogP contribution in [0.1, 0.15) is 25.8 Å². The second kappa shape index (κ2) is 11.0. The van der Waals surface area contributed by atoms with E-state index in [2.05, 4.69) is 76.3 Å². The number of rotatable bonds is 9. The van der Waals surface area contributed by atoms with Crippen molar-refractivity contribution in [2.75, 3.05) is 56.0 Å². The molecule has 1 amide bonds. The highest BCUT2D eigenvalue weighted by Crippen LogP contribution is 2.18. The van der Waals surface area contributed by atoms with Gasteiger partial charge in [0.05, 0.1) is 0 Å². The van der Waals surface area contributed by atoms with Crippen molar-refractivity contribution in [1.29, 1.82) is 0 Å². The lowest BCUT2D eigenvalue weighted by Gasteiger charge is -2.34. The van der Waals surface area contributed by atoms with Gasteiger partial charge in [-0.25, -0.2) is 0 Å². The molecule has 2 aromatic carbocycles. The molecule has 5 heteroatoms. The monoisotopic (exact) mass is 394 g/mol. The average Bonchev–Trinajstić information content (AvgIpc) is 2.76.